The minimum atomic E-state index is 0.504. The molecule has 1 rings (SSSR count). The monoisotopic (exact) mass is 303 g/mol. The van der Waals surface area contributed by atoms with Gasteiger partial charge < -0.3 is 0 Å². The quantitative estimate of drug-likeness (QED) is 0.465. The highest BCUT2D eigenvalue weighted by Crippen LogP contribution is 2.29. The molecule has 0 aliphatic rings. The first-order valence-electron chi connectivity index (χ1n) is 5.14. The Labute approximate surface area is 101 Å². The summed E-state index contributed by atoms with van der Waals surface area (Å²) in [4.78, 5) is 2.46. The molecular weight excluding hydrogens is 285 g/mol. The molecule has 0 fully saturated rings. The maximum Gasteiger partial charge on any atom is 0.0876 e. The zero-order valence-corrected chi connectivity index (χ0v) is 11.3. The van der Waals surface area contributed by atoms with Crippen LogP contribution in [0.25, 0.3) is 0 Å². The normalized spacial score (nSPS) is 13.2. The number of halogens is 1. The van der Waals surface area contributed by atoms with Gasteiger partial charge in [0.2, 0.25) is 0 Å². The van der Waals surface area contributed by atoms with Gasteiger partial charge in [-0.25, -0.2) is 0 Å². The Kier molecular flexibility index (Phi) is 4.89. The summed E-state index contributed by atoms with van der Waals surface area (Å²) in [6.45, 7) is 8.84. The van der Waals surface area contributed by atoms with Crippen LogP contribution in [0.1, 0.15) is 29.0 Å². The molecule has 0 aliphatic heterocycles. The summed E-state index contributed by atoms with van der Waals surface area (Å²) in [5, 5.41) is 0. The predicted molar refractivity (Wildman–Crippen MR) is 70.9 cm³/mol. The minimum absolute atomic E-state index is 0.504. The van der Waals surface area contributed by atoms with Crippen LogP contribution in [0, 0.1) is 6.92 Å². The molecule has 0 radical (unpaired) electrons. The summed E-state index contributed by atoms with van der Waals surface area (Å²) < 4.78 is 0.504. The van der Waals surface area contributed by atoms with Crippen LogP contribution < -0.4 is 0 Å². The largest absolute Gasteiger partial charge is 0.288 e. The van der Waals surface area contributed by atoms with Crippen LogP contribution in [-0.2, 0) is 0 Å². The first-order chi connectivity index (χ1) is 6.70. The Bertz CT molecular complexity index is 281. The van der Waals surface area contributed by atoms with Gasteiger partial charge in [-0.05, 0) is 31.1 Å². The smallest absolute Gasteiger partial charge is 0.0876 e. The molecule has 1 atom stereocenters. The van der Waals surface area contributed by atoms with E-state index < -0.39 is 0 Å². The first-order valence-corrected chi connectivity index (χ1v) is 6.38. The van der Waals surface area contributed by atoms with Crippen LogP contribution in [0.2, 0.25) is 0 Å². The number of alkyl halides is 1. The van der Waals surface area contributed by atoms with E-state index in [0.29, 0.717) is 4.05 Å². The fraction of sp³-hybridized carbons (Fsp3) is 0.500. The average molecular weight is 303 g/mol. The second-order valence-corrected chi connectivity index (χ2v) is 4.59. The van der Waals surface area contributed by atoms with E-state index in [0.717, 1.165) is 13.1 Å². The van der Waals surface area contributed by atoms with Crippen molar-refractivity contribution in [3.63, 3.8) is 0 Å². The van der Waals surface area contributed by atoms with Gasteiger partial charge in [0.25, 0.3) is 0 Å². The van der Waals surface area contributed by atoms with E-state index in [-0.39, 0.29) is 0 Å². The predicted octanol–water partition coefficient (Wildman–Crippen LogP) is 3.77. The summed E-state index contributed by atoms with van der Waals surface area (Å²) in [6.07, 6.45) is 0. The Hall–Kier alpha value is -0.0900. The van der Waals surface area contributed by atoms with Gasteiger partial charge in [-0.15, -0.1) is 0 Å². The van der Waals surface area contributed by atoms with Crippen molar-refractivity contribution in [2.75, 3.05) is 13.1 Å². The fourth-order valence-corrected chi connectivity index (χ4v) is 3.08. The fourth-order valence-electron chi connectivity index (χ4n) is 1.59. The number of hydrogen-bond donors (Lipinski definition) is 0. The summed E-state index contributed by atoms with van der Waals surface area (Å²) in [5.74, 6) is 0. The van der Waals surface area contributed by atoms with Crippen molar-refractivity contribution in [3.8, 4) is 0 Å². The van der Waals surface area contributed by atoms with Crippen molar-refractivity contribution in [2.24, 2.45) is 0 Å². The van der Waals surface area contributed by atoms with Gasteiger partial charge in [0.05, 0.1) is 4.05 Å². The molecule has 0 aromatic heterocycles. The molecular formula is C12H18IN. The van der Waals surface area contributed by atoms with Crippen molar-refractivity contribution in [1.82, 2.24) is 4.90 Å². The molecule has 1 aromatic rings. The van der Waals surface area contributed by atoms with Crippen molar-refractivity contribution in [2.45, 2.75) is 24.8 Å². The van der Waals surface area contributed by atoms with Crippen LogP contribution in [0.5, 0.6) is 0 Å². The van der Waals surface area contributed by atoms with Gasteiger partial charge in [0.15, 0.2) is 0 Å². The molecule has 0 N–H and O–H groups in total. The second kappa shape index (κ2) is 5.71. The van der Waals surface area contributed by atoms with Crippen LogP contribution in [0.15, 0.2) is 24.3 Å². The van der Waals surface area contributed by atoms with Crippen LogP contribution in [-0.4, -0.2) is 18.0 Å². The van der Waals surface area contributed by atoms with E-state index in [2.05, 4.69) is 72.5 Å². The van der Waals surface area contributed by atoms with Gasteiger partial charge in [-0.3, -0.25) is 4.90 Å². The molecule has 1 nitrogen and oxygen atoms in total. The molecule has 0 heterocycles. The number of benzene rings is 1. The van der Waals surface area contributed by atoms with Gasteiger partial charge >= 0.3 is 0 Å². The summed E-state index contributed by atoms with van der Waals surface area (Å²) >= 11 is 2.52. The van der Waals surface area contributed by atoms with E-state index in [1.165, 1.54) is 11.1 Å². The van der Waals surface area contributed by atoms with E-state index in [9.17, 15) is 0 Å². The lowest BCUT2D eigenvalue weighted by molar-refractivity contribution is 0.298. The lowest BCUT2D eigenvalue weighted by Gasteiger charge is -2.26. The summed E-state index contributed by atoms with van der Waals surface area (Å²) in [6, 6.07) is 8.64. The van der Waals surface area contributed by atoms with Crippen LogP contribution >= 0.6 is 22.6 Å². The Morgan fingerprint density at radius 2 is 1.79 bits per heavy atom. The van der Waals surface area contributed by atoms with E-state index in [4.69, 9.17) is 0 Å². The van der Waals surface area contributed by atoms with E-state index >= 15 is 0 Å². The molecule has 0 spiro atoms. The highest BCUT2D eigenvalue weighted by atomic mass is 127. The molecule has 0 bridgehead atoms. The molecule has 0 saturated carbocycles. The summed E-state index contributed by atoms with van der Waals surface area (Å²) in [5.41, 5.74) is 2.83. The van der Waals surface area contributed by atoms with E-state index in [1.54, 1.807) is 0 Å². The molecule has 1 aromatic carbocycles. The van der Waals surface area contributed by atoms with Crippen LogP contribution in [0.3, 0.4) is 0 Å². The first kappa shape index (κ1) is 12.0. The van der Waals surface area contributed by atoms with Crippen LogP contribution in [0.4, 0.5) is 0 Å². The Morgan fingerprint density at radius 3 is 2.29 bits per heavy atom. The van der Waals surface area contributed by atoms with Gasteiger partial charge in [0.1, 0.15) is 0 Å². The zero-order chi connectivity index (χ0) is 10.6. The van der Waals surface area contributed by atoms with Crippen molar-refractivity contribution >= 4 is 22.6 Å². The summed E-state index contributed by atoms with van der Waals surface area (Å²) in [7, 11) is 0. The SMILES string of the molecule is CCN(CC)C(I)c1ccccc1C. The average Bonchev–Trinajstić information content (AvgIpc) is 2.20. The molecule has 0 amide bonds. The van der Waals surface area contributed by atoms with Crippen molar-refractivity contribution < 1.29 is 0 Å². The highest BCUT2D eigenvalue weighted by Gasteiger charge is 2.14. The maximum absolute atomic E-state index is 2.52. The third-order valence-electron chi connectivity index (χ3n) is 2.58. The maximum atomic E-state index is 2.52. The molecule has 2 heteroatoms. The lowest BCUT2D eigenvalue weighted by atomic mass is 10.1. The number of aryl methyl sites for hydroxylation is 1. The van der Waals surface area contributed by atoms with Gasteiger partial charge in [0, 0.05) is 0 Å². The third kappa shape index (κ3) is 2.70. The second-order valence-electron chi connectivity index (χ2n) is 3.41. The van der Waals surface area contributed by atoms with Gasteiger partial charge in [-0.2, -0.15) is 0 Å². The lowest BCUT2D eigenvalue weighted by Crippen LogP contribution is -2.25. The Morgan fingerprint density at radius 1 is 1.21 bits per heavy atom. The van der Waals surface area contributed by atoms with Crippen molar-refractivity contribution in [1.29, 1.82) is 0 Å². The molecule has 0 saturated heterocycles. The highest BCUT2D eigenvalue weighted by molar-refractivity contribution is 14.1. The molecule has 14 heavy (non-hydrogen) atoms. The zero-order valence-electron chi connectivity index (χ0n) is 9.13. The van der Waals surface area contributed by atoms with E-state index in [1.807, 2.05) is 0 Å². The number of hydrogen-bond acceptors (Lipinski definition) is 1. The molecule has 1 unspecified atom stereocenters. The molecule has 78 valence electrons. The standard InChI is InChI=1S/C12H18IN/c1-4-14(5-2)12(13)11-9-7-6-8-10(11)3/h6-9,12H,4-5H2,1-3H3. The minimum Gasteiger partial charge on any atom is -0.288 e. The topological polar surface area (TPSA) is 3.24 Å². The Balaban J connectivity index is 2.88. The molecule has 0 aliphatic carbocycles. The number of nitrogens with zero attached hydrogens (tertiary/aromatic N) is 1. The van der Waals surface area contributed by atoms with Gasteiger partial charge in [-0.1, -0.05) is 60.7 Å². The number of rotatable bonds is 4. The van der Waals surface area contributed by atoms with Crippen molar-refractivity contribution in [3.05, 3.63) is 35.4 Å². The third-order valence-corrected chi connectivity index (χ3v) is 4.04.